The van der Waals surface area contributed by atoms with Gasteiger partial charge < -0.3 is 5.32 Å². The lowest BCUT2D eigenvalue weighted by molar-refractivity contribution is 0.151. The van der Waals surface area contributed by atoms with Crippen molar-refractivity contribution in [1.82, 2.24) is 5.32 Å². The Kier molecular flexibility index (Phi) is 4.44. The summed E-state index contributed by atoms with van der Waals surface area (Å²) < 4.78 is 0. The molecule has 0 fully saturated rings. The summed E-state index contributed by atoms with van der Waals surface area (Å²) in [5, 5.41) is 4.89. The zero-order valence-corrected chi connectivity index (χ0v) is 6.09. The van der Waals surface area contributed by atoms with Gasteiger partial charge >= 0.3 is 6.09 Å². The van der Waals surface area contributed by atoms with Crippen LogP contribution in [0.25, 0.3) is 0 Å². The summed E-state index contributed by atoms with van der Waals surface area (Å²) in [6.07, 6.45) is 0.261. The summed E-state index contributed by atoms with van der Waals surface area (Å²) in [6, 6.07) is 0. The molecule has 0 saturated carbocycles. The van der Waals surface area contributed by atoms with Crippen molar-refractivity contribution in [2.45, 2.75) is 6.92 Å². The lowest BCUT2D eigenvalue weighted by Crippen LogP contribution is -2.24. The van der Waals surface area contributed by atoms with E-state index in [0.29, 0.717) is 6.54 Å². The average molecular weight is 156 g/mol. The van der Waals surface area contributed by atoms with Crippen LogP contribution in [-0.4, -0.2) is 18.7 Å². The second-order valence-corrected chi connectivity index (χ2v) is 1.87. The first-order valence-corrected chi connectivity index (χ1v) is 2.83. The largest absolute Gasteiger partial charge is 0.434 e. The summed E-state index contributed by atoms with van der Waals surface area (Å²) in [5.41, 5.74) is 0.775. The summed E-state index contributed by atoms with van der Waals surface area (Å²) in [6.45, 7) is 5.57. The molecule has 1 N–H and O–H groups in total. The molecule has 0 saturated heterocycles. The fourth-order valence-corrected chi connectivity index (χ4v) is 0.315. The van der Waals surface area contributed by atoms with Gasteiger partial charge in [0.1, 0.15) is 0 Å². The maximum Gasteiger partial charge on any atom is 0.434 e. The van der Waals surface area contributed by atoms with Gasteiger partial charge in [0.15, 0.2) is 0 Å². The zero-order valence-electron chi connectivity index (χ0n) is 6.09. The lowest BCUT2D eigenvalue weighted by Gasteiger charge is -1.98. The van der Waals surface area contributed by atoms with Crippen LogP contribution in [0.3, 0.4) is 0 Å². The Hall–Kier alpha value is -1.61. The first-order valence-electron chi connectivity index (χ1n) is 2.83. The van der Waals surface area contributed by atoms with Gasteiger partial charge in [-0.2, -0.15) is 0 Å². The Bertz CT molecular complexity index is 206. The number of nitrogens with zero attached hydrogens (tertiary/aromatic N) is 1. The molecule has 1 amide bonds. The van der Waals surface area contributed by atoms with E-state index >= 15 is 0 Å². The van der Waals surface area contributed by atoms with Gasteiger partial charge in [0.25, 0.3) is 6.08 Å². The SMILES string of the molecule is C=C(C)CNC(=O)ON=C=O. The van der Waals surface area contributed by atoms with E-state index in [9.17, 15) is 9.59 Å². The molecule has 0 aliphatic rings. The highest BCUT2D eigenvalue weighted by Gasteiger charge is 1.98. The Morgan fingerprint density at radius 1 is 1.82 bits per heavy atom. The number of carbonyl (C=O) groups excluding carboxylic acids is 2. The number of rotatable bonds is 3. The number of hydrogen-bond acceptors (Lipinski definition) is 4. The van der Waals surface area contributed by atoms with Crippen molar-refractivity contribution in [3.05, 3.63) is 12.2 Å². The quantitative estimate of drug-likeness (QED) is 0.213. The van der Waals surface area contributed by atoms with E-state index < -0.39 is 6.09 Å². The monoisotopic (exact) mass is 156 g/mol. The zero-order chi connectivity index (χ0) is 8.69. The van der Waals surface area contributed by atoms with Gasteiger partial charge in [-0.25, -0.2) is 9.59 Å². The molecule has 5 nitrogen and oxygen atoms in total. The van der Waals surface area contributed by atoms with Gasteiger partial charge in [0.05, 0.1) is 0 Å². The fraction of sp³-hybridized carbons (Fsp3) is 0.333. The molecule has 0 atom stereocenters. The van der Waals surface area contributed by atoms with Gasteiger partial charge in [-0.15, -0.1) is 0 Å². The molecular weight excluding hydrogens is 148 g/mol. The summed E-state index contributed by atoms with van der Waals surface area (Å²) >= 11 is 0. The minimum Gasteiger partial charge on any atom is -0.316 e. The lowest BCUT2D eigenvalue weighted by atomic mass is 10.4. The molecule has 60 valence electrons. The number of carbonyl (C=O) groups is 1. The predicted molar refractivity (Wildman–Crippen MR) is 37.4 cm³/mol. The van der Waals surface area contributed by atoms with Gasteiger partial charge in [-0.05, 0) is 6.92 Å². The van der Waals surface area contributed by atoms with E-state index in [1.165, 1.54) is 0 Å². The topological polar surface area (TPSA) is 67.8 Å². The molecule has 0 rings (SSSR count). The normalized spacial score (nSPS) is 7.73. The molecule has 0 heterocycles. The van der Waals surface area contributed by atoms with E-state index in [4.69, 9.17) is 0 Å². The van der Waals surface area contributed by atoms with E-state index in [-0.39, 0.29) is 0 Å². The van der Waals surface area contributed by atoms with Crippen LogP contribution in [0.4, 0.5) is 4.79 Å². The predicted octanol–water partition coefficient (Wildman–Crippen LogP) is 0.540. The Morgan fingerprint density at radius 2 is 2.45 bits per heavy atom. The molecule has 0 radical (unpaired) electrons. The third-order valence-corrected chi connectivity index (χ3v) is 0.700. The first kappa shape index (κ1) is 9.39. The number of hydrogen-bond donors (Lipinski definition) is 1. The number of nitrogens with one attached hydrogen (secondary N) is 1. The van der Waals surface area contributed by atoms with E-state index in [0.717, 1.165) is 11.7 Å². The molecule has 0 bridgehead atoms. The molecule has 0 aromatic carbocycles. The highest BCUT2D eigenvalue weighted by Crippen LogP contribution is 1.83. The highest BCUT2D eigenvalue weighted by molar-refractivity contribution is 5.67. The van der Waals surface area contributed by atoms with Crippen molar-refractivity contribution in [2.24, 2.45) is 5.16 Å². The van der Waals surface area contributed by atoms with Crippen molar-refractivity contribution < 1.29 is 14.4 Å². The summed E-state index contributed by atoms with van der Waals surface area (Å²) in [7, 11) is 0. The van der Waals surface area contributed by atoms with Gasteiger partial charge in [-0.1, -0.05) is 12.2 Å². The molecule has 0 aliphatic heterocycles. The molecular formula is C6H8N2O3. The van der Waals surface area contributed by atoms with Crippen molar-refractivity contribution in [3.8, 4) is 0 Å². The van der Waals surface area contributed by atoms with Crippen LogP contribution in [0, 0.1) is 0 Å². The average Bonchev–Trinajstić information content (AvgIpc) is 1.97. The smallest absolute Gasteiger partial charge is 0.316 e. The number of isocyanates is 1. The third kappa shape index (κ3) is 6.27. The molecule has 0 aromatic heterocycles. The maximum absolute atomic E-state index is 10.5. The Labute approximate surface area is 63.7 Å². The van der Waals surface area contributed by atoms with Crippen LogP contribution < -0.4 is 5.32 Å². The van der Waals surface area contributed by atoms with E-state index in [2.05, 4.69) is 21.9 Å². The number of amides is 1. The molecule has 11 heavy (non-hydrogen) atoms. The molecule has 0 spiro atoms. The second kappa shape index (κ2) is 5.20. The third-order valence-electron chi connectivity index (χ3n) is 0.700. The van der Waals surface area contributed by atoms with Gasteiger partial charge in [0, 0.05) is 11.7 Å². The second-order valence-electron chi connectivity index (χ2n) is 1.87. The van der Waals surface area contributed by atoms with Crippen molar-refractivity contribution >= 4 is 12.2 Å². The first-order chi connectivity index (χ1) is 5.16. The van der Waals surface area contributed by atoms with Gasteiger partial charge in [-0.3, -0.25) is 4.84 Å². The molecule has 0 aromatic rings. The Morgan fingerprint density at radius 3 is 2.91 bits per heavy atom. The molecule has 0 aliphatic carbocycles. The molecule has 5 heteroatoms. The van der Waals surface area contributed by atoms with Gasteiger partial charge in [0.2, 0.25) is 0 Å². The van der Waals surface area contributed by atoms with E-state index in [1.54, 1.807) is 6.92 Å². The molecule has 0 unspecified atom stereocenters. The van der Waals surface area contributed by atoms with Crippen molar-refractivity contribution in [1.29, 1.82) is 0 Å². The van der Waals surface area contributed by atoms with Crippen molar-refractivity contribution in [2.75, 3.05) is 6.54 Å². The fourth-order valence-electron chi connectivity index (χ4n) is 0.315. The van der Waals surface area contributed by atoms with Crippen LogP contribution in [0.15, 0.2) is 17.3 Å². The minimum atomic E-state index is -0.795. The minimum absolute atomic E-state index is 0.299. The van der Waals surface area contributed by atoms with Crippen LogP contribution in [0.5, 0.6) is 0 Å². The summed E-state index contributed by atoms with van der Waals surface area (Å²) in [4.78, 5) is 23.8. The van der Waals surface area contributed by atoms with Crippen LogP contribution in [-0.2, 0) is 9.63 Å². The standard InChI is InChI=1S/C6H8N2O3/c1-5(2)3-7-6(10)11-8-4-9/h1,3H2,2H3,(H,7,10). The van der Waals surface area contributed by atoms with Crippen LogP contribution in [0.2, 0.25) is 0 Å². The van der Waals surface area contributed by atoms with Crippen LogP contribution >= 0.6 is 0 Å². The van der Waals surface area contributed by atoms with Crippen LogP contribution in [0.1, 0.15) is 6.92 Å². The maximum atomic E-state index is 10.5. The highest BCUT2D eigenvalue weighted by atomic mass is 16.7. The van der Waals surface area contributed by atoms with E-state index in [1.807, 2.05) is 0 Å². The summed E-state index contributed by atoms with van der Waals surface area (Å²) in [5.74, 6) is 0. The Balaban J connectivity index is 3.53. The van der Waals surface area contributed by atoms with Crippen molar-refractivity contribution in [3.63, 3.8) is 0 Å².